The molecule has 0 aliphatic rings. The molecule has 0 aliphatic heterocycles. The van der Waals surface area contributed by atoms with Crippen LogP contribution in [-0.2, 0) is 17.8 Å². The quantitative estimate of drug-likeness (QED) is 0.385. The Morgan fingerprint density at radius 3 is 2.65 bits per heavy atom. The minimum Gasteiger partial charge on any atom is -0.354 e. The van der Waals surface area contributed by atoms with E-state index in [1.54, 1.807) is 13.1 Å². The third-order valence-electron chi connectivity index (χ3n) is 4.90. The molecule has 4 aromatic rings. The Balaban J connectivity index is 1.59. The summed E-state index contributed by atoms with van der Waals surface area (Å²) in [5.41, 5.74) is 6.31. The molecular formula is C23H21N5O3. The van der Waals surface area contributed by atoms with Gasteiger partial charge in [0.15, 0.2) is 5.58 Å². The lowest BCUT2D eigenvalue weighted by atomic mass is 10.1. The molecule has 1 N–H and O–H groups in total. The standard InChI is InChI=1S/C23H21N5O3/c1-15-8-6-7-11-18(15)13-24-25-20(29)14-28-23(30)21-16(2)27-31-22(21)19(26-28)12-17-9-4-3-5-10-17/h3-11,13H,12,14H2,1-2H3,(H,25,29)/b24-13-. The van der Waals surface area contributed by atoms with Crippen LogP contribution in [0.4, 0.5) is 0 Å². The average Bonchev–Trinajstić information content (AvgIpc) is 3.16. The summed E-state index contributed by atoms with van der Waals surface area (Å²) < 4.78 is 6.50. The molecule has 2 aromatic carbocycles. The number of fused-ring (bicyclic) bond motifs is 1. The van der Waals surface area contributed by atoms with E-state index in [1.807, 2.05) is 61.5 Å². The summed E-state index contributed by atoms with van der Waals surface area (Å²) in [6.07, 6.45) is 2.01. The minimum absolute atomic E-state index is 0.272. The van der Waals surface area contributed by atoms with Crippen molar-refractivity contribution in [3.8, 4) is 0 Å². The van der Waals surface area contributed by atoms with E-state index in [1.165, 1.54) is 0 Å². The zero-order valence-corrected chi connectivity index (χ0v) is 17.2. The second-order valence-electron chi connectivity index (χ2n) is 7.19. The van der Waals surface area contributed by atoms with Gasteiger partial charge in [0, 0.05) is 6.42 Å². The molecule has 0 saturated carbocycles. The number of benzene rings is 2. The number of nitrogens with one attached hydrogen (secondary N) is 1. The van der Waals surface area contributed by atoms with Crippen LogP contribution in [-0.4, -0.2) is 27.1 Å². The molecule has 31 heavy (non-hydrogen) atoms. The Labute approximate surface area is 178 Å². The first-order valence-electron chi connectivity index (χ1n) is 9.80. The van der Waals surface area contributed by atoms with Gasteiger partial charge in [0.1, 0.15) is 17.6 Å². The summed E-state index contributed by atoms with van der Waals surface area (Å²) >= 11 is 0. The van der Waals surface area contributed by atoms with Gasteiger partial charge in [-0.25, -0.2) is 10.1 Å². The molecule has 4 rings (SSSR count). The van der Waals surface area contributed by atoms with Gasteiger partial charge in [0.05, 0.1) is 11.9 Å². The van der Waals surface area contributed by atoms with Gasteiger partial charge in [0.25, 0.3) is 11.5 Å². The van der Waals surface area contributed by atoms with Crippen molar-refractivity contribution in [2.45, 2.75) is 26.8 Å². The van der Waals surface area contributed by atoms with E-state index < -0.39 is 11.5 Å². The van der Waals surface area contributed by atoms with Crippen LogP contribution in [0.3, 0.4) is 0 Å². The van der Waals surface area contributed by atoms with Gasteiger partial charge < -0.3 is 4.52 Å². The lowest BCUT2D eigenvalue weighted by molar-refractivity contribution is -0.121. The first kappa shape index (κ1) is 20.2. The van der Waals surface area contributed by atoms with Gasteiger partial charge in [-0.3, -0.25) is 9.59 Å². The van der Waals surface area contributed by atoms with Crippen LogP contribution in [0.15, 0.2) is 69.0 Å². The zero-order valence-electron chi connectivity index (χ0n) is 17.2. The highest BCUT2D eigenvalue weighted by atomic mass is 16.5. The zero-order chi connectivity index (χ0) is 21.8. The monoisotopic (exact) mass is 415 g/mol. The van der Waals surface area contributed by atoms with E-state index in [2.05, 4.69) is 20.8 Å². The number of nitrogens with zero attached hydrogens (tertiary/aromatic N) is 4. The Bertz CT molecular complexity index is 1320. The summed E-state index contributed by atoms with van der Waals surface area (Å²) in [5, 5.41) is 12.6. The van der Waals surface area contributed by atoms with Crippen molar-refractivity contribution in [2.75, 3.05) is 0 Å². The van der Waals surface area contributed by atoms with Gasteiger partial charge in [0.2, 0.25) is 0 Å². The maximum Gasteiger partial charge on any atom is 0.280 e. The number of carbonyl (C=O) groups excluding carboxylic acids is 1. The van der Waals surface area contributed by atoms with Crippen molar-refractivity contribution in [3.63, 3.8) is 0 Å². The Kier molecular flexibility index (Phi) is 5.70. The molecule has 0 radical (unpaired) electrons. The molecule has 0 atom stereocenters. The lowest BCUT2D eigenvalue weighted by Gasteiger charge is -2.08. The van der Waals surface area contributed by atoms with E-state index in [0.717, 1.165) is 21.4 Å². The molecule has 0 unspecified atom stereocenters. The van der Waals surface area contributed by atoms with Crippen molar-refractivity contribution in [1.29, 1.82) is 0 Å². The van der Waals surface area contributed by atoms with Crippen molar-refractivity contribution in [3.05, 3.63) is 93.0 Å². The van der Waals surface area contributed by atoms with Crippen LogP contribution in [0.1, 0.15) is 28.1 Å². The summed E-state index contributed by atoms with van der Waals surface area (Å²) in [7, 11) is 0. The first-order chi connectivity index (χ1) is 15.0. The Hall–Kier alpha value is -4.07. The minimum atomic E-state index is -0.460. The third kappa shape index (κ3) is 4.42. The molecule has 2 aromatic heterocycles. The van der Waals surface area contributed by atoms with E-state index in [0.29, 0.717) is 28.8 Å². The molecule has 0 aliphatic carbocycles. The van der Waals surface area contributed by atoms with Crippen LogP contribution < -0.4 is 11.0 Å². The normalized spacial score (nSPS) is 11.3. The van der Waals surface area contributed by atoms with Crippen LogP contribution in [0.5, 0.6) is 0 Å². The second kappa shape index (κ2) is 8.74. The van der Waals surface area contributed by atoms with Gasteiger partial charge >= 0.3 is 0 Å². The van der Waals surface area contributed by atoms with Gasteiger partial charge in [-0.15, -0.1) is 0 Å². The number of hydrazone groups is 1. The molecule has 8 heteroatoms. The van der Waals surface area contributed by atoms with Crippen LogP contribution >= 0.6 is 0 Å². The maximum atomic E-state index is 12.9. The molecule has 1 amide bonds. The fourth-order valence-electron chi connectivity index (χ4n) is 3.27. The molecule has 0 saturated heterocycles. The molecule has 0 fully saturated rings. The number of amides is 1. The van der Waals surface area contributed by atoms with Crippen LogP contribution in [0, 0.1) is 13.8 Å². The largest absolute Gasteiger partial charge is 0.354 e. The van der Waals surface area contributed by atoms with Crippen molar-refractivity contribution < 1.29 is 9.32 Å². The van der Waals surface area contributed by atoms with E-state index in [4.69, 9.17) is 4.52 Å². The molecule has 156 valence electrons. The number of aryl methyl sites for hydroxylation is 2. The van der Waals surface area contributed by atoms with Gasteiger partial charge in [-0.1, -0.05) is 59.8 Å². The van der Waals surface area contributed by atoms with Crippen molar-refractivity contribution >= 4 is 23.1 Å². The van der Waals surface area contributed by atoms with E-state index in [9.17, 15) is 9.59 Å². The Morgan fingerprint density at radius 1 is 1.13 bits per heavy atom. The number of hydrogen-bond acceptors (Lipinski definition) is 6. The second-order valence-corrected chi connectivity index (χ2v) is 7.19. The fourth-order valence-corrected chi connectivity index (χ4v) is 3.27. The third-order valence-corrected chi connectivity index (χ3v) is 4.90. The summed E-state index contributed by atoms with van der Waals surface area (Å²) in [5.74, 6) is -0.460. The smallest absolute Gasteiger partial charge is 0.280 e. The topological polar surface area (TPSA) is 102 Å². The number of rotatable bonds is 6. The summed E-state index contributed by atoms with van der Waals surface area (Å²) in [6, 6.07) is 17.4. The van der Waals surface area contributed by atoms with E-state index in [-0.39, 0.29) is 6.54 Å². The lowest BCUT2D eigenvalue weighted by Crippen LogP contribution is -2.32. The maximum absolute atomic E-state index is 12.9. The Morgan fingerprint density at radius 2 is 1.87 bits per heavy atom. The van der Waals surface area contributed by atoms with Gasteiger partial charge in [-0.2, -0.15) is 10.2 Å². The first-order valence-corrected chi connectivity index (χ1v) is 9.80. The van der Waals surface area contributed by atoms with Crippen LogP contribution in [0.25, 0.3) is 11.0 Å². The predicted octanol–water partition coefficient (Wildman–Crippen LogP) is 2.74. The molecule has 2 heterocycles. The molecule has 8 nitrogen and oxygen atoms in total. The molecular weight excluding hydrogens is 394 g/mol. The highest BCUT2D eigenvalue weighted by Crippen LogP contribution is 2.19. The highest BCUT2D eigenvalue weighted by Gasteiger charge is 2.19. The molecule has 0 spiro atoms. The van der Waals surface area contributed by atoms with Crippen molar-refractivity contribution in [2.24, 2.45) is 5.10 Å². The van der Waals surface area contributed by atoms with E-state index >= 15 is 0 Å². The van der Waals surface area contributed by atoms with Gasteiger partial charge in [-0.05, 0) is 30.5 Å². The fraction of sp³-hybridized carbons (Fsp3) is 0.174. The molecule has 0 bridgehead atoms. The number of aromatic nitrogens is 3. The number of carbonyl (C=O) groups is 1. The SMILES string of the molecule is Cc1ccccc1/C=N\NC(=O)Cn1nc(Cc2ccccc2)c2onc(C)c2c1=O. The number of hydrogen-bond donors (Lipinski definition) is 1. The van der Waals surface area contributed by atoms with Crippen molar-refractivity contribution in [1.82, 2.24) is 20.4 Å². The van der Waals surface area contributed by atoms with Crippen LogP contribution in [0.2, 0.25) is 0 Å². The highest BCUT2D eigenvalue weighted by molar-refractivity contribution is 5.84. The summed E-state index contributed by atoms with van der Waals surface area (Å²) in [6.45, 7) is 3.38. The summed E-state index contributed by atoms with van der Waals surface area (Å²) in [4.78, 5) is 25.3. The predicted molar refractivity (Wildman–Crippen MR) is 117 cm³/mol. The average molecular weight is 415 g/mol.